The van der Waals surface area contributed by atoms with Crippen LogP contribution in [0.2, 0.25) is 5.02 Å². The lowest BCUT2D eigenvalue weighted by atomic mass is 9.90. The zero-order valence-corrected chi connectivity index (χ0v) is 13.4. The maximum Gasteiger partial charge on any atom is 0.0949 e. The maximum absolute atomic E-state index is 6.40. The Hall–Kier alpha value is -0.420. The first-order chi connectivity index (χ1) is 8.38. The summed E-state index contributed by atoms with van der Waals surface area (Å²) in [5.74, 6) is 0. The van der Waals surface area contributed by atoms with Gasteiger partial charge in [-0.3, -0.25) is 0 Å². The molecule has 0 spiro atoms. The standard InChI is InChI=1S/C13H14BrClN2S/c1-8-7-18-12(17-8)6-13(2,16)10-4-3-9(14)5-11(10)15/h3-5,7H,6,16H2,1-2H3. The largest absolute Gasteiger partial charge is 0.321 e. The third kappa shape index (κ3) is 3.12. The van der Waals surface area contributed by atoms with Crippen molar-refractivity contribution in [3.8, 4) is 0 Å². The Balaban J connectivity index is 2.29. The lowest BCUT2D eigenvalue weighted by molar-refractivity contribution is 0.490. The molecule has 1 atom stereocenters. The van der Waals surface area contributed by atoms with Crippen molar-refractivity contribution in [1.29, 1.82) is 0 Å². The third-order valence-corrected chi connectivity index (χ3v) is 4.50. The van der Waals surface area contributed by atoms with Crippen LogP contribution < -0.4 is 5.73 Å². The van der Waals surface area contributed by atoms with Gasteiger partial charge < -0.3 is 5.73 Å². The molecule has 0 amide bonds. The summed E-state index contributed by atoms with van der Waals surface area (Å²) in [6.07, 6.45) is 0.687. The molecule has 1 aromatic heterocycles. The highest BCUT2D eigenvalue weighted by Gasteiger charge is 2.25. The van der Waals surface area contributed by atoms with E-state index in [1.54, 1.807) is 11.3 Å². The monoisotopic (exact) mass is 344 g/mol. The van der Waals surface area contributed by atoms with Gasteiger partial charge in [0.15, 0.2) is 0 Å². The Morgan fingerprint density at radius 2 is 2.22 bits per heavy atom. The van der Waals surface area contributed by atoms with Crippen molar-refractivity contribution in [1.82, 2.24) is 4.98 Å². The van der Waals surface area contributed by atoms with Crippen molar-refractivity contribution in [2.24, 2.45) is 5.73 Å². The van der Waals surface area contributed by atoms with Crippen molar-refractivity contribution in [3.63, 3.8) is 0 Å². The minimum absolute atomic E-state index is 0.512. The van der Waals surface area contributed by atoms with E-state index in [0.29, 0.717) is 11.4 Å². The summed E-state index contributed by atoms with van der Waals surface area (Å²) in [6.45, 7) is 3.97. The second-order valence-electron chi connectivity index (χ2n) is 4.60. The van der Waals surface area contributed by atoms with Crippen LogP contribution in [0, 0.1) is 6.92 Å². The van der Waals surface area contributed by atoms with Gasteiger partial charge in [-0.25, -0.2) is 4.98 Å². The van der Waals surface area contributed by atoms with Crippen molar-refractivity contribution >= 4 is 38.9 Å². The predicted octanol–water partition coefficient (Wildman–Crippen LogP) is 4.28. The van der Waals surface area contributed by atoms with Gasteiger partial charge >= 0.3 is 0 Å². The second-order valence-corrected chi connectivity index (χ2v) is 6.87. The Labute approximate surface area is 124 Å². The molecule has 0 fully saturated rings. The number of nitrogens with zero attached hydrogens (tertiary/aromatic N) is 1. The average Bonchev–Trinajstić information content (AvgIpc) is 2.62. The van der Waals surface area contributed by atoms with E-state index in [-0.39, 0.29) is 0 Å². The lowest BCUT2D eigenvalue weighted by Crippen LogP contribution is -2.35. The molecule has 0 aliphatic heterocycles. The fraction of sp³-hybridized carbons (Fsp3) is 0.308. The predicted molar refractivity (Wildman–Crippen MR) is 81.2 cm³/mol. The van der Waals surface area contributed by atoms with Crippen LogP contribution in [0.5, 0.6) is 0 Å². The molecule has 1 unspecified atom stereocenters. The first-order valence-corrected chi connectivity index (χ1v) is 7.59. The van der Waals surface area contributed by atoms with Crippen molar-refractivity contribution in [3.05, 3.63) is 49.3 Å². The molecule has 0 radical (unpaired) electrons. The van der Waals surface area contributed by atoms with E-state index in [1.807, 2.05) is 37.4 Å². The summed E-state index contributed by atoms with van der Waals surface area (Å²) in [5, 5.41) is 3.76. The smallest absolute Gasteiger partial charge is 0.0949 e. The van der Waals surface area contributed by atoms with Gasteiger partial charge in [-0.05, 0) is 31.5 Å². The first-order valence-electron chi connectivity index (χ1n) is 5.54. The molecule has 96 valence electrons. The van der Waals surface area contributed by atoms with E-state index in [9.17, 15) is 0 Å². The van der Waals surface area contributed by atoms with Gasteiger partial charge in [-0.2, -0.15) is 0 Å². The lowest BCUT2D eigenvalue weighted by Gasteiger charge is -2.25. The summed E-state index contributed by atoms with van der Waals surface area (Å²) in [5.41, 5.74) is 7.86. The molecule has 2 nitrogen and oxygen atoms in total. The fourth-order valence-corrected chi connectivity index (χ4v) is 3.67. The van der Waals surface area contributed by atoms with Gasteiger partial charge in [0.2, 0.25) is 0 Å². The van der Waals surface area contributed by atoms with E-state index < -0.39 is 5.54 Å². The van der Waals surface area contributed by atoms with Crippen LogP contribution in [-0.4, -0.2) is 4.98 Å². The molecule has 1 heterocycles. The average molecular weight is 346 g/mol. The zero-order valence-electron chi connectivity index (χ0n) is 10.2. The summed E-state index contributed by atoms with van der Waals surface area (Å²) in [4.78, 5) is 4.45. The Morgan fingerprint density at radius 1 is 1.50 bits per heavy atom. The van der Waals surface area contributed by atoms with E-state index in [1.165, 1.54) is 0 Å². The highest BCUT2D eigenvalue weighted by molar-refractivity contribution is 9.10. The second kappa shape index (κ2) is 5.29. The van der Waals surface area contributed by atoms with Crippen LogP contribution >= 0.6 is 38.9 Å². The summed E-state index contributed by atoms with van der Waals surface area (Å²) in [6, 6.07) is 5.79. The number of rotatable bonds is 3. The molecular weight excluding hydrogens is 332 g/mol. The fourth-order valence-electron chi connectivity index (χ4n) is 1.85. The van der Waals surface area contributed by atoms with Crippen molar-refractivity contribution < 1.29 is 0 Å². The van der Waals surface area contributed by atoms with Crippen LogP contribution in [0.15, 0.2) is 28.1 Å². The molecule has 0 aliphatic rings. The van der Waals surface area contributed by atoms with Crippen LogP contribution in [0.3, 0.4) is 0 Å². The Kier molecular flexibility index (Phi) is 4.11. The molecule has 0 bridgehead atoms. The number of benzene rings is 1. The summed E-state index contributed by atoms with van der Waals surface area (Å²) in [7, 11) is 0. The van der Waals surface area contributed by atoms with Crippen LogP contribution in [0.1, 0.15) is 23.2 Å². The zero-order chi connectivity index (χ0) is 13.3. The summed E-state index contributed by atoms with van der Waals surface area (Å²) < 4.78 is 0.956. The molecule has 0 aliphatic carbocycles. The Bertz CT molecular complexity index is 566. The van der Waals surface area contributed by atoms with Gasteiger partial charge in [0.1, 0.15) is 0 Å². The molecule has 2 N–H and O–H groups in total. The van der Waals surface area contributed by atoms with E-state index in [2.05, 4.69) is 20.9 Å². The van der Waals surface area contributed by atoms with Crippen LogP contribution in [0.25, 0.3) is 0 Å². The van der Waals surface area contributed by atoms with Crippen molar-refractivity contribution in [2.75, 3.05) is 0 Å². The summed E-state index contributed by atoms with van der Waals surface area (Å²) >= 11 is 11.3. The van der Waals surface area contributed by atoms with Gasteiger partial charge in [0.05, 0.1) is 5.01 Å². The van der Waals surface area contributed by atoms with Gasteiger partial charge in [-0.1, -0.05) is 33.6 Å². The first kappa shape index (κ1) is 14.0. The van der Waals surface area contributed by atoms with E-state index >= 15 is 0 Å². The van der Waals surface area contributed by atoms with E-state index in [0.717, 1.165) is 20.7 Å². The van der Waals surface area contributed by atoms with Gasteiger partial charge in [-0.15, -0.1) is 11.3 Å². The molecule has 1 aromatic carbocycles. The highest BCUT2D eigenvalue weighted by Crippen LogP contribution is 2.31. The van der Waals surface area contributed by atoms with Crippen LogP contribution in [-0.2, 0) is 12.0 Å². The quantitative estimate of drug-likeness (QED) is 0.901. The molecular formula is C13H14BrClN2S. The Morgan fingerprint density at radius 3 is 2.78 bits per heavy atom. The third-order valence-electron chi connectivity index (χ3n) is 2.73. The van der Waals surface area contributed by atoms with E-state index in [4.69, 9.17) is 17.3 Å². The molecule has 18 heavy (non-hydrogen) atoms. The number of aromatic nitrogens is 1. The number of thiazole rings is 1. The minimum Gasteiger partial charge on any atom is -0.321 e. The number of nitrogens with two attached hydrogens (primary N) is 1. The molecule has 2 rings (SSSR count). The topological polar surface area (TPSA) is 38.9 Å². The van der Waals surface area contributed by atoms with Crippen LogP contribution in [0.4, 0.5) is 0 Å². The highest BCUT2D eigenvalue weighted by atomic mass is 79.9. The molecule has 5 heteroatoms. The van der Waals surface area contributed by atoms with Gasteiger partial charge in [0.25, 0.3) is 0 Å². The van der Waals surface area contributed by atoms with Crippen molar-refractivity contribution in [2.45, 2.75) is 25.8 Å². The van der Waals surface area contributed by atoms with Gasteiger partial charge in [0, 0.05) is 32.5 Å². The molecule has 0 saturated carbocycles. The normalized spacial score (nSPS) is 14.5. The number of hydrogen-bond acceptors (Lipinski definition) is 3. The SMILES string of the molecule is Cc1csc(CC(C)(N)c2ccc(Br)cc2Cl)n1. The number of aryl methyl sites for hydroxylation is 1. The minimum atomic E-state index is -0.512. The molecule has 2 aromatic rings. The maximum atomic E-state index is 6.40. The number of hydrogen-bond donors (Lipinski definition) is 1. The molecule has 0 saturated heterocycles. The number of halogens is 2.